The number of carbonyl (C=O) groups excluding carboxylic acids is 2. The standard InChI is InChI=1S/C48H80O14P2/c1-3-5-7-9-11-13-15-17-18-19-20-22-24-26-28-30-34-38-47(51)58-42-46(43-61-64(56,57)60-41-45(50)40-59-63(53,54)55)62-48(52)39-35-31-33-37-44(49)36-32-29-27-25-23-21-16-14-12-10-8-6-4-2/h6,8,11-14,17-18,21,23,27,29,31-33,36,44-46,49-50H,3-5,7,9-10,15-16,19-20,22,24-26,28,30,34-35,37-43H2,1-2H3,(H,56,57)(H2,53,54,55)/b8-6-,13-11-,14-12-,18-17-,23-21-,29-27-,33-31-,36-32-/t44?,45-,46+/m0/s1. The van der Waals surface area contributed by atoms with Crippen molar-refractivity contribution in [2.24, 2.45) is 0 Å². The fourth-order valence-corrected chi connectivity index (χ4v) is 6.70. The van der Waals surface area contributed by atoms with Gasteiger partial charge in [-0.2, -0.15) is 0 Å². The molecule has 0 spiro atoms. The fourth-order valence-electron chi connectivity index (χ4n) is 5.55. The van der Waals surface area contributed by atoms with Crippen LogP contribution in [0.3, 0.4) is 0 Å². The lowest BCUT2D eigenvalue weighted by Crippen LogP contribution is -2.29. The third-order valence-electron chi connectivity index (χ3n) is 9.04. The van der Waals surface area contributed by atoms with Gasteiger partial charge in [0.05, 0.1) is 25.9 Å². The molecule has 0 aliphatic carbocycles. The van der Waals surface area contributed by atoms with Gasteiger partial charge in [-0.25, -0.2) is 9.13 Å². The summed E-state index contributed by atoms with van der Waals surface area (Å²) in [6.45, 7) is 1.40. The predicted molar refractivity (Wildman–Crippen MR) is 254 cm³/mol. The second-order valence-corrected chi connectivity index (χ2v) is 17.8. The van der Waals surface area contributed by atoms with Crippen LogP contribution >= 0.6 is 15.6 Å². The molecule has 0 aliphatic rings. The first-order valence-electron chi connectivity index (χ1n) is 23.0. The van der Waals surface area contributed by atoms with Crippen LogP contribution in [0.25, 0.3) is 0 Å². The molecule has 2 unspecified atom stereocenters. The van der Waals surface area contributed by atoms with Crippen molar-refractivity contribution in [2.45, 2.75) is 167 Å². The average Bonchev–Trinajstić information content (AvgIpc) is 3.25. The largest absolute Gasteiger partial charge is 0.472 e. The number of aliphatic hydroxyl groups excluding tert-OH is 2. The summed E-state index contributed by atoms with van der Waals surface area (Å²) in [5, 5.41) is 20.0. The lowest BCUT2D eigenvalue weighted by Gasteiger charge is -2.20. The van der Waals surface area contributed by atoms with Gasteiger partial charge >= 0.3 is 27.6 Å². The highest BCUT2D eigenvalue weighted by atomic mass is 31.2. The van der Waals surface area contributed by atoms with Crippen LogP contribution in [0.15, 0.2) is 97.2 Å². The molecule has 5 N–H and O–H groups in total. The Labute approximate surface area is 383 Å². The molecule has 4 atom stereocenters. The van der Waals surface area contributed by atoms with Gasteiger partial charge in [-0.15, -0.1) is 0 Å². The van der Waals surface area contributed by atoms with E-state index in [1.165, 1.54) is 19.3 Å². The van der Waals surface area contributed by atoms with Gasteiger partial charge in [0.1, 0.15) is 12.7 Å². The summed E-state index contributed by atoms with van der Waals surface area (Å²) in [4.78, 5) is 52.8. The number of phosphoric ester groups is 2. The summed E-state index contributed by atoms with van der Waals surface area (Å²) in [5.41, 5.74) is 0. The third-order valence-corrected chi connectivity index (χ3v) is 10.5. The summed E-state index contributed by atoms with van der Waals surface area (Å²) in [6.07, 6.45) is 47.1. The number of allylic oxidation sites excluding steroid dienone is 14. The number of rotatable bonds is 42. The minimum absolute atomic E-state index is 0.0819. The summed E-state index contributed by atoms with van der Waals surface area (Å²) < 4.78 is 47.7. The molecule has 64 heavy (non-hydrogen) atoms. The van der Waals surface area contributed by atoms with Crippen molar-refractivity contribution in [3.63, 3.8) is 0 Å². The van der Waals surface area contributed by atoms with Crippen molar-refractivity contribution in [1.82, 2.24) is 0 Å². The highest BCUT2D eigenvalue weighted by molar-refractivity contribution is 7.47. The van der Waals surface area contributed by atoms with E-state index >= 15 is 0 Å². The van der Waals surface area contributed by atoms with Crippen LogP contribution in [0.4, 0.5) is 0 Å². The lowest BCUT2D eigenvalue weighted by atomic mass is 10.1. The van der Waals surface area contributed by atoms with Crippen molar-refractivity contribution < 1.29 is 66.7 Å². The van der Waals surface area contributed by atoms with Gasteiger partial charge in [0.25, 0.3) is 0 Å². The predicted octanol–water partition coefficient (Wildman–Crippen LogP) is 11.1. The molecule has 14 nitrogen and oxygen atoms in total. The number of aliphatic hydroxyl groups is 2. The SMILES string of the molecule is CC/C=C\C/C=C\C/C=C\C/C=C\C=C/C(O)C/C=C\CCC(=O)O[C@H](COC(=O)CCCCCCCCC/C=C\C/C=C\CCCCC)COP(=O)(O)OC[C@@H](O)COP(=O)(O)O. The van der Waals surface area contributed by atoms with Crippen molar-refractivity contribution in [1.29, 1.82) is 0 Å². The molecule has 0 fully saturated rings. The van der Waals surface area contributed by atoms with Gasteiger partial charge in [0.15, 0.2) is 6.10 Å². The van der Waals surface area contributed by atoms with Crippen LogP contribution in [0, 0.1) is 0 Å². The molecular formula is C48H80O14P2. The topological polar surface area (TPSA) is 216 Å². The van der Waals surface area contributed by atoms with Crippen LogP contribution in [0.2, 0.25) is 0 Å². The number of unbranched alkanes of at least 4 members (excludes halogenated alkanes) is 10. The highest BCUT2D eigenvalue weighted by Crippen LogP contribution is 2.43. The van der Waals surface area contributed by atoms with E-state index in [2.05, 4.69) is 83.7 Å². The monoisotopic (exact) mass is 943 g/mol. The van der Waals surface area contributed by atoms with Gasteiger partial charge in [-0.3, -0.25) is 23.2 Å². The van der Waals surface area contributed by atoms with Gasteiger partial charge in [0.2, 0.25) is 0 Å². The molecule has 0 aliphatic heterocycles. The van der Waals surface area contributed by atoms with Crippen LogP contribution in [0.1, 0.15) is 149 Å². The first-order chi connectivity index (χ1) is 30.8. The zero-order valence-electron chi connectivity index (χ0n) is 38.5. The van der Waals surface area contributed by atoms with E-state index in [-0.39, 0.29) is 19.3 Å². The minimum atomic E-state index is -4.89. The molecule has 0 rings (SSSR count). The molecule has 0 saturated carbocycles. The smallest absolute Gasteiger partial charge is 0.462 e. The van der Waals surface area contributed by atoms with Gasteiger partial charge in [-0.1, -0.05) is 156 Å². The Bertz CT molecular complexity index is 1510. The zero-order chi connectivity index (χ0) is 47.4. The molecule has 0 radical (unpaired) electrons. The Morgan fingerprint density at radius 2 is 1.06 bits per heavy atom. The molecule has 0 aromatic carbocycles. The Kier molecular flexibility index (Phi) is 40.6. The molecule has 0 aromatic heterocycles. The molecule has 16 heteroatoms. The van der Waals surface area contributed by atoms with Crippen LogP contribution in [0.5, 0.6) is 0 Å². The van der Waals surface area contributed by atoms with E-state index < -0.39 is 72.3 Å². The first-order valence-corrected chi connectivity index (χ1v) is 26.1. The quantitative estimate of drug-likeness (QED) is 0.0127. The molecule has 0 heterocycles. The van der Waals surface area contributed by atoms with Crippen molar-refractivity contribution in [2.75, 3.05) is 26.4 Å². The van der Waals surface area contributed by atoms with Gasteiger partial charge in [0, 0.05) is 12.8 Å². The van der Waals surface area contributed by atoms with Gasteiger partial charge in [-0.05, 0) is 77.0 Å². The summed E-state index contributed by atoms with van der Waals surface area (Å²) >= 11 is 0. The minimum Gasteiger partial charge on any atom is -0.462 e. The molecular weight excluding hydrogens is 862 g/mol. The number of phosphoric acid groups is 2. The summed E-state index contributed by atoms with van der Waals surface area (Å²) in [5.74, 6) is -1.23. The van der Waals surface area contributed by atoms with E-state index in [9.17, 15) is 33.8 Å². The Balaban J connectivity index is 4.73. The molecule has 0 bridgehead atoms. The lowest BCUT2D eigenvalue weighted by molar-refractivity contribution is -0.161. The van der Waals surface area contributed by atoms with E-state index in [1.807, 2.05) is 12.2 Å². The molecule has 0 amide bonds. The van der Waals surface area contributed by atoms with E-state index in [4.69, 9.17) is 23.8 Å². The highest BCUT2D eigenvalue weighted by Gasteiger charge is 2.28. The molecule has 366 valence electrons. The summed E-state index contributed by atoms with van der Waals surface area (Å²) in [6, 6.07) is 0. The molecule has 0 saturated heterocycles. The number of esters is 2. The third kappa shape index (κ3) is 45.6. The van der Waals surface area contributed by atoms with E-state index in [1.54, 1.807) is 24.3 Å². The Hall–Kier alpha value is -3.00. The maximum absolute atomic E-state index is 12.7. The maximum Gasteiger partial charge on any atom is 0.472 e. The van der Waals surface area contributed by atoms with Crippen LogP contribution < -0.4 is 0 Å². The zero-order valence-corrected chi connectivity index (χ0v) is 40.2. The van der Waals surface area contributed by atoms with Crippen LogP contribution in [-0.2, 0) is 41.8 Å². The number of carbonyl (C=O) groups is 2. The van der Waals surface area contributed by atoms with Crippen molar-refractivity contribution >= 4 is 27.6 Å². The van der Waals surface area contributed by atoms with E-state index in [0.29, 0.717) is 12.8 Å². The second kappa shape index (κ2) is 42.6. The summed E-state index contributed by atoms with van der Waals surface area (Å²) in [7, 11) is -9.76. The normalized spacial score (nSPS) is 15.3. The fraction of sp³-hybridized carbons (Fsp3) is 0.625. The average molecular weight is 943 g/mol. The maximum atomic E-state index is 12.7. The van der Waals surface area contributed by atoms with E-state index in [0.717, 1.165) is 83.5 Å². The number of ether oxygens (including phenoxy) is 2. The number of hydrogen-bond acceptors (Lipinski definition) is 11. The Morgan fingerprint density at radius 3 is 1.69 bits per heavy atom. The molecule has 0 aromatic rings. The van der Waals surface area contributed by atoms with Gasteiger partial charge < -0.3 is 34.4 Å². The van der Waals surface area contributed by atoms with Crippen molar-refractivity contribution in [3.8, 4) is 0 Å². The number of hydrogen-bond donors (Lipinski definition) is 5. The first kappa shape index (κ1) is 61.0. The second-order valence-electron chi connectivity index (χ2n) is 15.1. The van der Waals surface area contributed by atoms with Crippen LogP contribution in [-0.4, -0.2) is 81.6 Å². The van der Waals surface area contributed by atoms with Crippen molar-refractivity contribution in [3.05, 3.63) is 97.2 Å². The Morgan fingerprint density at radius 1 is 0.531 bits per heavy atom.